The Morgan fingerprint density at radius 2 is 2.26 bits per heavy atom. The van der Waals surface area contributed by atoms with Crippen LogP contribution in [-0.2, 0) is 4.74 Å². The number of nitrogens with one attached hydrogen (secondary N) is 1. The van der Waals surface area contributed by atoms with Gasteiger partial charge in [0.05, 0.1) is 36.2 Å². The van der Waals surface area contributed by atoms with E-state index in [4.69, 9.17) is 20.9 Å². The molecule has 3 aromatic rings. The summed E-state index contributed by atoms with van der Waals surface area (Å²) in [5.74, 6) is 2.86. The highest BCUT2D eigenvalue weighted by atomic mass is 32.1. The number of hydrogen-bond donors (Lipinski definition) is 2. The molecule has 11 heteroatoms. The monoisotopic (exact) mass is 437 g/mol. The minimum atomic E-state index is 0.0203. The van der Waals surface area contributed by atoms with Crippen molar-refractivity contribution < 1.29 is 4.74 Å². The lowest BCUT2D eigenvalue weighted by Crippen LogP contribution is -2.43. The molecule has 0 aliphatic carbocycles. The van der Waals surface area contributed by atoms with E-state index >= 15 is 0 Å². The lowest BCUT2D eigenvalue weighted by molar-refractivity contribution is 0.191. The second kappa shape index (κ2) is 7.82. The Morgan fingerprint density at radius 3 is 2.94 bits per heavy atom. The van der Waals surface area contributed by atoms with Crippen LogP contribution in [0, 0.1) is 12.3 Å². The fraction of sp³-hybridized carbons (Fsp3) is 0.400. The van der Waals surface area contributed by atoms with Crippen LogP contribution in [0.2, 0.25) is 0 Å². The van der Waals surface area contributed by atoms with Crippen LogP contribution in [0.25, 0.3) is 17.0 Å². The van der Waals surface area contributed by atoms with Crippen LogP contribution in [-0.4, -0.2) is 55.2 Å². The summed E-state index contributed by atoms with van der Waals surface area (Å²) >= 11 is 1.42. The number of aryl methyl sites for hydroxylation is 1. The molecule has 0 bridgehead atoms. The molecule has 0 saturated carbocycles. The lowest BCUT2D eigenvalue weighted by Gasteiger charge is -2.40. The largest absolute Gasteiger partial charge is 0.396 e. The molecule has 3 aromatic heterocycles. The Balaban J connectivity index is 1.71. The number of nitrogens with two attached hydrogens (primary N) is 1. The SMILES string of the molecule is CC[C@@H]1c2nnc(C)n2-c2cnc(/C(C=N)=C(/N)c3nccs3)nc2N1C1CCOC1. The predicted molar refractivity (Wildman–Crippen MR) is 118 cm³/mol. The Morgan fingerprint density at radius 1 is 1.39 bits per heavy atom. The number of hydrogen-bond acceptors (Lipinski definition) is 10. The Labute approximate surface area is 183 Å². The lowest BCUT2D eigenvalue weighted by atomic mass is 10.0. The van der Waals surface area contributed by atoms with Gasteiger partial charge in [-0.2, -0.15) is 0 Å². The average Bonchev–Trinajstić information content (AvgIpc) is 3.55. The number of allylic oxidation sites excluding steroid dienone is 1. The maximum atomic E-state index is 7.96. The van der Waals surface area contributed by atoms with Crippen LogP contribution < -0.4 is 10.6 Å². The molecule has 5 rings (SSSR count). The zero-order chi connectivity index (χ0) is 21.5. The molecule has 0 amide bonds. The number of rotatable bonds is 5. The van der Waals surface area contributed by atoms with Crippen LogP contribution in [0.15, 0.2) is 17.8 Å². The van der Waals surface area contributed by atoms with Crippen LogP contribution in [0.5, 0.6) is 0 Å². The van der Waals surface area contributed by atoms with Crippen LogP contribution in [0.1, 0.15) is 48.3 Å². The molecule has 0 radical (unpaired) electrons. The van der Waals surface area contributed by atoms with Gasteiger partial charge in [0, 0.05) is 24.4 Å². The summed E-state index contributed by atoms with van der Waals surface area (Å²) in [4.78, 5) is 16.1. The second-order valence-electron chi connectivity index (χ2n) is 7.50. The third kappa shape index (κ3) is 3.12. The molecule has 1 unspecified atom stereocenters. The summed E-state index contributed by atoms with van der Waals surface area (Å²) in [5.41, 5.74) is 8.00. The van der Waals surface area contributed by atoms with E-state index < -0.39 is 0 Å². The normalized spacial score (nSPS) is 20.9. The van der Waals surface area contributed by atoms with E-state index in [1.807, 2.05) is 16.9 Å². The molecular weight excluding hydrogens is 414 g/mol. The third-order valence-electron chi connectivity index (χ3n) is 5.74. The number of aromatic nitrogens is 6. The molecule has 0 spiro atoms. The molecule has 2 atom stereocenters. The van der Waals surface area contributed by atoms with Crippen LogP contribution in [0.4, 0.5) is 5.82 Å². The molecule has 5 heterocycles. The van der Waals surface area contributed by atoms with Crippen LogP contribution >= 0.6 is 11.3 Å². The smallest absolute Gasteiger partial charge is 0.165 e. The van der Waals surface area contributed by atoms with Crippen molar-refractivity contribution in [1.29, 1.82) is 5.41 Å². The van der Waals surface area contributed by atoms with Crippen molar-refractivity contribution in [2.75, 3.05) is 18.1 Å². The van der Waals surface area contributed by atoms with Crippen molar-refractivity contribution in [2.24, 2.45) is 5.73 Å². The minimum Gasteiger partial charge on any atom is -0.396 e. The van der Waals surface area contributed by atoms with Gasteiger partial charge in [0.25, 0.3) is 0 Å². The van der Waals surface area contributed by atoms with Crippen molar-refractivity contribution in [3.05, 3.63) is 40.3 Å². The van der Waals surface area contributed by atoms with E-state index in [-0.39, 0.29) is 12.1 Å². The summed E-state index contributed by atoms with van der Waals surface area (Å²) < 4.78 is 7.72. The van der Waals surface area contributed by atoms with Gasteiger partial charge in [-0.1, -0.05) is 6.92 Å². The van der Waals surface area contributed by atoms with Gasteiger partial charge in [0.1, 0.15) is 16.5 Å². The van der Waals surface area contributed by atoms with Gasteiger partial charge in [-0.3, -0.25) is 4.57 Å². The summed E-state index contributed by atoms with van der Waals surface area (Å²) in [5, 5.41) is 19.2. The Kier molecular flexibility index (Phi) is 4.98. The van der Waals surface area contributed by atoms with E-state index in [1.54, 1.807) is 12.4 Å². The predicted octanol–water partition coefficient (Wildman–Crippen LogP) is 2.36. The molecule has 2 aliphatic rings. The van der Waals surface area contributed by atoms with E-state index in [0.717, 1.165) is 42.6 Å². The summed E-state index contributed by atoms with van der Waals surface area (Å²) in [6.07, 6.45) is 6.41. The second-order valence-corrected chi connectivity index (χ2v) is 8.40. The first-order valence-electron chi connectivity index (χ1n) is 10.2. The van der Waals surface area contributed by atoms with Crippen molar-refractivity contribution in [2.45, 2.75) is 38.8 Å². The van der Waals surface area contributed by atoms with Gasteiger partial charge in [0.15, 0.2) is 17.5 Å². The summed E-state index contributed by atoms with van der Waals surface area (Å²) in [6.45, 7) is 5.42. The molecule has 160 valence electrons. The van der Waals surface area contributed by atoms with Crippen molar-refractivity contribution in [1.82, 2.24) is 29.7 Å². The van der Waals surface area contributed by atoms with E-state index in [0.29, 0.717) is 28.7 Å². The fourth-order valence-corrected chi connectivity index (χ4v) is 4.90. The molecular formula is C20H23N9OS. The molecule has 0 aromatic carbocycles. The quantitative estimate of drug-likeness (QED) is 0.582. The van der Waals surface area contributed by atoms with Crippen LogP contribution in [0.3, 0.4) is 0 Å². The Bertz CT molecular complexity index is 1150. The Hall–Kier alpha value is -3.18. The third-order valence-corrected chi connectivity index (χ3v) is 6.55. The fourth-order valence-electron chi connectivity index (χ4n) is 4.29. The van der Waals surface area contributed by atoms with E-state index in [2.05, 4.69) is 32.0 Å². The molecule has 10 nitrogen and oxygen atoms in total. The van der Waals surface area contributed by atoms with Gasteiger partial charge in [-0.05, 0) is 19.8 Å². The first-order chi connectivity index (χ1) is 15.1. The maximum Gasteiger partial charge on any atom is 0.165 e. The average molecular weight is 438 g/mol. The van der Waals surface area contributed by atoms with Crippen molar-refractivity contribution >= 4 is 34.6 Å². The highest BCUT2D eigenvalue weighted by molar-refractivity contribution is 7.10. The maximum absolute atomic E-state index is 7.96. The molecule has 31 heavy (non-hydrogen) atoms. The number of fused-ring (bicyclic) bond motifs is 3. The molecule has 1 fully saturated rings. The number of nitrogens with zero attached hydrogens (tertiary/aromatic N) is 7. The van der Waals surface area contributed by atoms with Gasteiger partial charge < -0.3 is 20.8 Å². The van der Waals surface area contributed by atoms with Crippen molar-refractivity contribution in [3.8, 4) is 5.69 Å². The molecule has 3 N–H and O–H groups in total. The zero-order valence-electron chi connectivity index (χ0n) is 17.3. The summed E-state index contributed by atoms with van der Waals surface area (Å²) in [6, 6.07) is 0.202. The highest BCUT2D eigenvalue weighted by Gasteiger charge is 2.39. The molecule has 1 saturated heterocycles. The van der Waals surface area contributed by atoms with Gasteiger partial charge in [-0.25, -0.2) is 15.0 Å². The number of thiazole rings is 1. The first kappa shape index (κ1) is 19.8. The molecule has 2 aliphatic heterocycles. The zero-order valence-corrected chi connectivity index (χ0v) is 18.1. The standard InChI is InChI=1S/C20H23N9OS/c1-3-14-19-27-26-11(2)28(19)15-9-24-17(13(8-21)16(22)20-23-5-7-31-20)25-18(15)29(14)12-4-6-30-10-12/h5,7-9,12,14,21H,3-4,6,10,22H2,1-2H3/b16-13+,21-8?/t12?,14-/m1/s1. The van der Waals surface area contributed by atoms with Crippen molar-refractivity contribution in [3.63, 3.8) is 0 Å². The summed E-state index contributed by atoms with van der Waals surface area (Å²) in [7, 11) is 0. The number of ether oxygens (including phenoxy) is 1. The van der Waals surface area contributed by atoms with Gasteiger partial charge in [0.2, 0.25) is 0 Å². The topological polar surface area (TPSA) is 132 Å². The van der Waals surface area contributed by atoms with Gasteiger partial charge in [-0.15, -0.1) is 21.5 Å². The number of anilines is 1. The van der Waals surface area contributed by atoms with Gasteiger partial charge >= 0.3 is 0 Å². The van der Waals surface area contributed by atoms with E-state index in [9.17, 15) is 0 Å². The first-order valence-corrected chi connectivity index (χ1v) is 11.1. The minimum absolute atomic E-state index is 0.0203. The van der Waals surface area contributed by atoms with E-state index in [1.165, 1.54) is 17.6 Å². The highest BCUT2D eigenvalue weighted by Crippen LogP contribution is 2.41.